The van der Waals surface area contributed by atoms with Gasteiger partial charge in [0.05, 0.1) is 0 Å². The highest BCUT2D eigenvalue weighted by atomic mass is 16.4. The van der Waals surface area contributed by atoms with Crippen LogP contribution in [0.15, 0.2) is 29.4 Å². The predicted octanol–water partition coefficient (Wildman–Crippen LogP) is 0.947. The Bertz CT molecular complexity index is 431. The summed E-state index contributed by atoms with van der Waals surface area (Å²) in [6.07, 6.45) is 0. The van der Waals surface area contributed by atoms with Crippen LogP contribution in [0.25, 0.3) is 0 Å². The second kappa shape index (κ2) is 5.74. The van der Waals surface area contributed by atoms with Crippen molar-refractivity contribution in [2.75, 3.05) is 18.5 Å². The van der Waals surface area contributed by atoms with Gasteiger partial charge in [0.1, 0.15) is 0 Å². The lowest BCUT2D eigenvalue weighted by Gasteiger charge is -2.18. The summed E-state index contributed by atoms with van der Waals surface area (Å²) in [7, 11) is 1.65. The fourth-order valence-electron chi connectivity index (χ4n) is 1.32. The van der Waals surface area contributed by atoms with Crippen molar-refractivity contribution in [1.29, 1.82) is 0 Å². The SMILES string of the molecule is CCNC(=O)N(C)c1cccc(C(N)=NO)c1. The normalized spacial score (nSPS) is 11.1. The van der Waals surface area contributed by atoms with Gasteiger partial charge in [0, 0.05) is 24.8 Å². The Balaban J connectivity index is 2.95. The van der Waals surface area contributed by atoms with Gasteiger partial charge < -0.3 is 16.3 Å². The summed E-state index contributed by atoms with van der Waals surface area (Å²) in [6, 6.07) is 6.67. The molecule has 1 aromatic rings. The molecule has 6 heteroatoms. The number of nitrogens with two attached hydrogens (primary N) is 1. The third-order valence-electron chi connectivity index (χ3n) is 2.27. The zero-order chi connectivity index (χ0) is 12.8. The fraction of sp³-hybridized carbons (Fsp3) is 0.273. The van der Waals surface area contributed by atoms with E-state index in [1.807, 2.05) is 6.92 Å². The summed E-state index contributed by atoms with van der Waals surface area (Å²) in [6.45, 7) is 2.40. The molecule has 0 aliphatic heterocycles. The summed E-state index contributed by atoms with van der Waals surface area (Å²) < 4.78 is 0. The van der Waals surface area contributed by atoms with Gasteiger partial charge in [0.2, 0.25) is 0 Å². The van der Waals surface area contributed by atoms with Gasteiger partial charge in [-0.15, -0.1) is 0 Å². The van der Waals surface area contributed by atoms with Crippen molar-refractivity contribution < 1.29 is 10.0 Å². The first-order valence-corrected chi connectivity index (χ1v) is 5.19. The second-order valence-electron chi connectivity index (χ2n) is 3.43. The molecule has 0 saturated carbocycles. The van der Waals surface area contributed by atoms with Crippen molar-refractivity contribution in [1.82, 2.24) is 5.32 Å². The molecule has 1 rings (SSSR count). The number of carbonyl (C=O) groups is 1. The number of rotatable bonds is 3. The number of benzene rings is 1. The third kappa shape index (κ3) is 3.10. The number of nitrogens with one attached hydrogen (secondary N) is 1. The van der Waals surface area contributed by atoms with Crippen molar-refractivity contribution >= 4 is 17.6 Å². The van der Waals surface area contributed by atoms with Gasteiger partial charge in [0.25, 0.3) is 0 Å². The Morgan fingerprint density at radius 2 is 2.29 bits per heavy atom. The molecule has 2 amide bonds. The number of hydrogen-bond donors (Lipinski definition) is 3. The van der Waals surface area contributed by atoms with Gasteiger partial charge in [0.15, 0.2) is 5.84 Å². The van der Waals surface area contributed by atoms with Crippen molar-refractivity contribution in [2.24, 2.45) is 10.9 Å². The van der Waals surface area contributed by atoms with Crippen LogP contribution in [-0.4, -0.2) is 30.7 Å². The van der Waals surface area contributed by atoms with E-state index < -0.39 is 0 Å². The van der Waals surface area contributed by atoms with Gasteiger partial charge in [-0.3, -0.25) is 4.90 Å². The quantitative estimate of drug-likeness (QED) is 0.316. The molecule has 0 bridgehead atoms. The maximum atomic E-state index is 11.6. The molecule has 0 aliphatic rings. The van der Waals surface area contributed by atoms with E-state index in [9.17, 15) is 4.79 Å². The molecule has 0 heterocycles. The molecule has 4 N–H and O–H groups in total. The highest BCUT2D eigenvalue weighted by molar-refractivity contribution is 5.99. The van der Waals surface area contributed by atoms with Crippen molar-refractivity contribution in [3.05, 3.63) is 29.8 Å². The molecule has 92 valence electrons. The first kappa shape index (κ1) is 12.8. The van der Waals surface area contributed by atoms with Crippen LogP contribution in [0.1, 0.15) is 12.5 Å². The molecule has 0 aliphatic carbocycles. The van der Waals surface area contributed by atoms with E-state index in [1.165, 1.54) is 4.90 Å². The van der Waals surface area contributed by atoms with E-state index in [1.54, 1.807) is 31.3 Å². The third-order valence-corrected chi connectivity index (χ3v) is 2.27. The van der Waals surface area contributed by atoms with Gasteiger partial charge >= 0.3 is 6.03 Å². The molecule has 17 heavy (non-hydrogen) atoms. The first-order valence-electron chi connectivity index (χ1n) is 5.19. The summed E-state index contributed by atoms with van der Waals surface area (Å²) >= 11 is 0. The minimum Gasteiger partial charge on any atom is -0.409 e. The maximum absolute atomic E-state index is 11.6. The number of urea groups is 1. The largest absolute Gasteiger partial charge is 0.409 e. The zero-order valence-corrected chi connectivity index (χ0v) is 9.84. The lowest BCUT2D eigenvalue weighted by atomic mass is 10.2. The molecular weight excluding hydrogens is 220 g/mol. The standard InChI is InChI=1S/C11H16N4O2/c1-3-13-11(16)15(2)9-6-4-5-8(7-9)10(12)14-17/h4-7,17H,3H2,1-2H3,(H2,12,14)(H,13,16). The number of carbonyl (C=O) groups excluding carboxylic acids is 1. The number of oxime groups is 1. The van der Waals surface area contributed by atoms with Gasteiger partial charge in [-0.25, -0.2) is 4.79 Å². The van der Waals surface area contributed by atoms with E-state index >= 15 is 0 Å². The fourth-order valence-corrected chi connectivity index (χ4v) is 1.32. The molecule has 0 radical (unpaired) electrons. The van der Waals surface area contributed by atoms with Crippen LogP contribution in [0, 0.1) is 0 Å². The Kier molecular flexibility index (Phi) is 4.33. The molecule has 6 nitrogen and oxygen atoms in total. The van der Waals surface area contributed by atoms with E-state index in [-0.39, 0.29) is 11.9 Å². The number of amidine groups is 1. The smallest absolute Gasteiger partial charge is 0.321 e. The Morgan fingerprint density at radius 3 is 2.88 bits per heavy atom. The monoisotopic (exact) mass is 236 g/mol. The van der Waals surface area contributed by atoms with Gasteiger partial charge in [-0.1, -0.05) is 17.3 Å². The number of nitrogens with zero attached hydrogens (tertiary/aromatic N) is 2. The molecule has 0 saturated heterocycles. The van der Waals surface area contributed by atoms with Crippen LogP contribution in [0.2, 0.25) is 0 Å². The van der Waals surface area contributed by atoms with Crippen LogP contribution in [0.5, 0.6) is 0 Å². The minimum absolute atomic E-state index is 0.0103. The van der Waals surface area contributed by atoms with Crippen LogP contribution < -0.4 is 16.0 Å². The Hall–Kier alpha value is -2.24. The molecule has 0 aromatic heterocycles. The summed E-state index contributed by atoms with van der Waals surface area (Å²) in [5.74, 6) is 0.0103. The van der Waals surface area contributed by atoms with E-state index in [0.717, 1.165) is 0 Å². The van der Waals surface area contributed by atoms with Crippen LogP contribution in [0.3, 0.4) is 0 Å². The average Bonchev–Trinajstić information content (AvgIpc) is 2.37. The van der Waals surface area contributed by atoms with Gasteiger partial charge in [-0.05, 0) is 19.1 Å². The number of hydrogen-bond acceptors (Lipinski definition) is 3. The summed E-state index contributed by atoms with van der Waals surface area (Å²) in [4.78, 5) is 13.1. The highest BCUT2D eigenvalue weighted by Gasteiger charge is 2.10. The Morgan fingerprint density at radius 1 is 1.59 bits per heavy atom. The van der Waals surface area contributed by atoms with E-state index in [2.05, 4.69) is 10.5 Å². The van der Waals surface area contributed by atoms with Crippen molar-refractivity contribution in [2.45, 2.75) is 6.92 Å². The molecule has 0 unspecified atom stereocenters. The van der Waals surface area contributed by atoms with Crippen molar-refractivity contribution in [3.8, 4) is 0 Å². The lowest BCUT2D eigenvalue weighted by Crippen LogP contribution is -2.37. The molecular formula is C11H16N4O2. The summed E-state index contributed by atoms with van der Waals surface area (Å²) in [5.41, 5.74) is 6.70. The minimum atomic E-state index is -0.204. The summed E-state index contributed by atoms with van der Waals surface area (Å²) in [5, 5.41) is 14.2. The molecule has 0 spiro atoms. The highest BCUT2D eigenvalue weighted by Crippen LogP contribution is 2.14. The van der Waals surface area contributed by atoms with Crippen LogP contribution in [0.4, 0.5) is 10.5 Å². The first-order chi connectivity index (χ1) is 8.10. The predicted molar refractivity (Wildman–Crippen MR) is 66.4 cm³/mol. The van der Waals surface area contributed by atoms with E-state index in [4.69, 9.17) is 10.9 Å². The van der Waals surface area contributed by atoms with Gasteiger partial charge in [-0.2, -0.15) is 0 Å². The molecule has 0 atom stereocenters. The molecule has 0 fully saturated rings. The van der Waals surface area contributed by atoms with E-state index in [0.29, 0.717) is 17.8 Å². The maximum Gasteiger partial charge on any atom is 0.321 e. The lowest BCUT2D eigenvalue weighted by molar-refractivity contribution is 0.248. The average molecular weight is 236 g/mol. The molecule has 1 aromatic carbocycles. The topological polar surface area (TPSA) is 91.0 Å². The van der Waals surface area contributed by atoms with Crippen molar-refractivity contribution in [3.63, 3.8) is 0 Å². The Labute approximate surface area is 99.7 Å². The number of anilines is 1. The van der Waals surface area contributed by atoms with Crippen LogP contribution >= 0.6 is 0 Å². The zero-order valence-electron chi connectivity index (χ0n) is 9.84. The second-order valence-corrected chi connectivity index (χ2v) is 3.43. The van der Waals surface area contributed by atoms with Crippen LogP contribution in [-0.2, 0) is 0 Å². The number of amides is 2.